The van der Waals surface area contributed by atoms with Gasteiger partial charge >= 0.3 is 5.97 Å². The van der Waals surface area contributed by atoms with Crippen LogP contribution in [0, 0.1) is 0 Å². The maximum atomic E-state index is 12.2. The van der Waals surface area contributed by atoms with Gasteiger partial charge in [0, 0.05) is 24.6 Å². The van der Waals surface area contributed by atoms with E-state index in [1.807, 2.05) is 13.8 Å². The minimum Gasteiger partial charge on any atom is -0.478 e. The molecule has 2 aromatic heterocycles. The molecule has 1 N–H and O–H groups in total. The number of aromatic carboxylic acids is 1. The van der Waals surface area contributed by atoms with Crippen molar-refractivity contribution in [2.24, 2.45) is 0 Å². The molecule has 0 fully saturated rings. The summed E-state index contributed by atoms with van der Waals surface area (Å²) in [4.78, 5) is 31.1. The Morgan fingerprint density at radius 3 is 2.75 bits per heavy atom. The number of nitrogens with zero attached hydrogens (tertiary/aromatic N) is 3. The number of aromatic nitrogens is 3. The van der Waals surface area contributed by atoms with Crippen LogP contribution in [0.4, 0.5) is 0 Å². The molecule has 0 aromatic carbocycles. The molecule has 7 heteroatoms. The van der Waals surface area contributed by atoms with Gasteiger partial charge in [0.15, 0.2) is 5.03 Å². The standard InChI is InChI=1S/C13H13N3O3S/c1-8(2)16-6-5-15-11(12(16)17)20-10-7-9(13(18)19)3-4-14-10/h3-8H,1-2H3,(H,18,19). The molecule has 104 valence electrons. The highest BCUT2D eigenvalue weighted by Crippen LogP contribution is 2.22. The number of carboxylic acid groups (broad SMARTS) is 1. The molecule has 0 saturated heterocycles. The molecular formula is C13H13N3O3S. The van der Waals surface area contributed by atoms with Gasteiger partial charge in [0.05, 0.1) is 5.56 Å². The highest BCUT2D eigenvalue weighted by molar-refractivity contribution is 7.99. The SMILES string of the molecule is CC(C)n1ccnc(Sc2cc(C(=O)O)ccn2)c1=O. The Kier molecular flexibility index (Phi) is 4.19. The maximum Gasteiger partial charge on any atom is 0.335 e. The molecule has 0 aliphatic carbocycles. The lowest BCUT2D eigenvalue weighted by Gasteiger charge is -2.10. The van der Waals surface area contributed by atoms with Crippen LogP contribution in [0.15, 0.2) is 45.6 Å². The van der Waals surface area contributed by atoms with Gasteiger partial charge < -0.3 is 9.67 Å². The van der Waals surface area contributed by atoms with E-state index >= 15 is 0 Å². The fourth-order valence-electron chi connectivity index (χ4n) is 1.58. The second kappa shape index (κ2) is 5.87. The van der Waals surface area contributed by atoms with Crippen LogP contribution in [0.25, 0.3) is 0 Å². The monoisotopic (exact) mass is 291 g/mol. The number of hydrogen-bond donors (Lipinski definition) is 1. The van der Waals surface area contributed by atoms with Crippen molar-refractivity contribution in [2.75, 3.05) is 0 Å². The molecule has 2 aromatic rings. The second-order valence-corrected chi connectivity index (χ2v) is 5.34. The van der Waals surface area contributed by atoms with Gasteiger partial charge in [-0.15, -0.1) is 0 Å². The van der Waals surface area contributed by atoms with Crippen LogP contribution in [0.1, 0.15) is 30.2 Å². The number of hydrogen-bond acceptors (Lipinski definition) is 5. The molecule has 2 heterocycles. The average molecular weight is 291 g/mol. The van der Waals surface area contributed by atoms with Crippen LogP contribution < -0.4 is 5.56 Å². The predicted molar refractivity (Wildman–Crippen MR) is 74.2 cm³/mol. The zero-order valence-electron chi connectivity index (χ0n) is 11.0. The van der Waals surface area contributed by atoms with Crippen LogP contribution in [0.3, 0.4) is 0 Å². The van der Waals surface area contributed by atoms with Gasteiger partial charge in [-0.2, -0.15) is 0 Å². The Balaban J connectivity index is 2.36. The first kappa shape index (κ1) is 14.3. The van der Waals surface area contributed by atoms with Gasteiger partial charge in [-0.05, 0) is 37.7 Å². The van der Waals surface area contributed by atoms with E-state index in [1.165, 1.54) is 18.3 Å². The summed E-state index contributed by atoms with van der Waals surface area (Å²) in [5.41, 5.74) is -0.0855. The Bertz CT molecular complexity index is 697. The molecule has 2 rings (SSSR count). The lowest BCUT2D eigenvalue weighted by Crippen LogP contribution is -2.23. The van der Waals surface area contributed by atoms with Gasteiger partial charge in [0.2, 0.25) is 0 Å². The summed E-state index contributed by atoms with van der Waals surface area (Å²) in [5.74, 6) is -1.03. The molecule has 6 nitrogen and oxygen atoms in total. The highest BCUT2D eigenvalue weighted by atomic mass is 32.2. The molecule has 0 saturated carbocycles. The molecule has 20 heavy (non-hydrogen) atoms. The van der Waals surface area contributed by atoms with E-state index in [-0.39, 0.29) is 22.2 Å². The van der Waals surface area contributed by atoms with Crippen molar-refractivity contribution in [3.05, 3.63) is 46.6 Å². The van der Waals surface area contributed by atoms with E-state index < -0.39 is 5.97 Å². The summed E-state index contributed by atoms with van der Waals surface area (Å²) >= 11 is 1.06. The van der Waals surface area contributed by atoms with Gasteiger partial charge in [-0.1, -0.05) is 0 Å². The zero-order chi connectivity index (χ0) is 14.7. The third kappa shape index (κ3) is 3.05. The molecule has 0 unspecified atom stereocenters. The molecule has 0 aliphatic rings. The van der Waals surface area contributed by atoms with Gasteiger partial charge in [0.1, 0.15) is 5.03 Å². The zero-order valence-corrected chi connectivity index (χ0v) is 11.8. The minimum absolute atomic E-state index is 0.0307. The van der Waals surface area contributed by atoms with Crippen molar-refractivity contribution in [3.8, 4) is 0 Å². The van der Waals surface area contributed by atoms with Crippen LogP contribution in [0.5, 0.6) is 0 Å². The third-order valence-corrected chi connectivity index (χ3v) is 3.48. The Morgan fingerprint density at radius 2 is 2.10 bits per heavy atom. The van der Waals surface area contributed by atoms with E-state index in [0.29, 0.717) is 5.03 Å². The number of carbonyl (C=O) groups is 1. The van der Waals surface area contributed by atoms with Gasteiger partial charge in [-0.3, -0.25) is 4.79 Å². The fourth-order valence-corrected chi connectivity index (χ4v) is 2.38. The topological polar surface area (TPSA) is 85.1 Å². The Hall–Kier alpha value is -2.15. The van der Waals surface area contributed by atoms with Crippen molar-refractivity contribution in [2.45, 2.75) is 29.9 Å². The second-order valence-electron chi connectivity index (χ2n) is 4.33. The Labute approximate surface area is 119 Å². The molecule has 0 aliphatic heterocycles. The van der Waals surface area contributed by atoms with Crippen molar-refractivity contribution in [3.63, 3.8) is 0 Å². The molecule has 0 bridgehead atoms. The highest BCUT2D eigenvalue weighted by Gasteiger charge is 2.11. The summed E-state index contributed by atoms with van der Waals surface area (Å²) in [6, 6.07) is 2.85. The van der Waals surface area contributed by atoms with Gasteiger partial charge in [0.25, 0.3) is 5.56 Å². The van der Waals surface area contributed by atoms with E-state index in [2.05, 4.69) is 9.97 Å². The summed E-state index contributed by atoms with van der Waals surface area (Å²) < 4.78 is 1.57. The molecule has 0 atom stereocenters. The summed E-state index contributed by atoms with van der Waals surface area (Å²) in [6.07, 6.45) is 4.57. The van der Waals surface area contributed by atoms with Crippen molar-refractivity contribution < 1.29 is 9.90 Å². The van der Waals surface area contributed by atoms with Crippen LogP contribution in [-0.4, -0.2) is 25.6 Å². The average Bonchev–Trinajstić information content (AvgIpc) is 2.41. The largest absolute Gasteiger partial charge is 0.478 e. The molecule has 0 amide bonds. The Morgan fingerprint density at radius 1 is 1.35 bits per heavy atom. The fraction of sp³-hybridized carbons (Fsp3) is 0.231. The van der Waals surface area contributed by atoms with E-state index in [1.54, 1.807) is 17.0 Å². The van der Waals surface area contributed by atoms with Crippen molar-refractivity contribution >= 4 is 17.7 Å². The quantitative estimate of drug-likeness (QED) is 0.928. The van der Waals surface area contributed by atoms with Crippen LogP contribution in [-0.2, 0) is 0 Å². The van der Waals surface area contributed by atoms with Crippen LogP contribution >= 0.6 is 11.8 Å². The summed E-state index contributed by atoms with van der Waals surface area (Å²) in [5, 5.41) is 9.63. The third-order valence-electron chi connectivity index (χ3n) is 2.58. The van der Waals surface area contributed by atoms with Crippen LogP contribution in [0.2, 0.25) is 0 Å². The number of rotatable bonds is 4. The summed E-state index contributed by atoms with van der Waals surface area (Å²) in [7, 11) is 0. The van der Waals surface area contributed by atoms with Gasteiger partial charge in [-0.25, -0.2) is 14.8 Å². The minimum atomic E-state index is -1.03. The molecule has 0 radical (unpaired) electrons. The lowest BCUT2D eigenvalue weighted by molar-refractivity contribution is 0.0696. The van der Waals surface area contributed by atoms with E-state index in [9.17, 15) is 9.59 Å². The first-order chi connectivity index (χ1) is 9.49. The first-order valence-electron chi connectivity index (χ1n) is 5.93. The smallest absolute Gasteiger partial charge is 0.335 e. The first-order valence-corrected chi connectivity index (χ1v) is 6.75. The lowest BCUT2D eigenvalue weighted by atomic mass is 10.3. The summed E-state index contributed by atoms with van der Waals surface area (Å²) in [6.45, 7) is 3.80. The molecule has 0 spiro atoms. The normalized spacial score (nSPS) is 10.8. The maximum absolute atomic E-state index is 12.2. The number of carboxylic acids is 1. The van der Waals surface area contributed by atoms with E-state index in [4.69, 9.17) is 5.11 Å². The predicted octanol–water partition coefficient (Wildman–Crippen LogP) is 2.07. The number of pyridine rings is 1. The van der Waals surface area contributed by atoms with Crippen molar-refractivity contribution in [1.82, 2.24) is 14.5 Å². The van der Waals surface area contributed by atoms with Crippen molar-refractivity contribution in [1.29, 1.82) is 0 Å². The van der Waals surface area contributed by atoms with E-state index in [0.717, 1.165) is 11.8 Å². The molecular weight excluding hydrogens is 278 g/mol.